The summed E-state index contributed by atoms with van der Waals surface area (Å²) in [6.07, 6.45) is 0. The molecule has 11 nitrogen and oxygen atoms in total. The maximum Gasteiger partial charge on any atom is 0.256 e. The van der Waals surface area contributed by atoms with Gasteiger partial charge in [-0.25, -0.2) is 0 Å². The van der Waals surface area contributed by atoms with Crippen molar-refractivity contribution in [2.75, 3.05) is 42.3 Å². The molecule has 11 heteroatoms. The van der Waals surface area contributed by atoms with Crippen LogP contribution in [0.2, 0.25) is 0 Å². The molecule has 0 radical (unpaired) electrons. The number of rotatable bonds is 9. The monoisotopic (exact) mass is 566 g/mol. The topological polar surface area (TPSA) is 149 Å². The highest BCUT2D eigenvalue weighted by Crippen LogP contribution is 2.29. The fraction of sp³-hybridized carbons (Fsp3) is 0.226. The summed E-state index contributed by atoms with van der Waals surface area (Å²) < 4.78 is 5.42. The Kier molecular flexibility index (Phi) is 7.43. The van der Waals surface area contributed by atoms with Gasteiger partial charge in [0.15, 0.2) is 5.82 Å². The number of benzene rings is 3. The highest BCUT2D eigenvalue weighted by Gasteiger charge is 2.23. The first kappa shape index (κ1) is 27.2. The van der Waals surface area contributed by atoms with Crippen molar-refractivity contribution in [2.24, 2.45) is 0 Å². The van der Waals surface area contributed by atoms with Crippen molar-refractivity contribution < 1.29 is 14.6 Å². The Hall–Kier alpha value is -5.00. The van der Waals surface area contributed by atoms with Crippen molar-refractivity contribution in [2.45, 2.75) is 19.5 Å². The molecular formula is C31H30N6O5. The normalized spacial score (nSPS) is 14.6. The molecule has 0 spiro atoms. The third kappa shape index (κ3) is 5.60. The van der Waals surface area contributed by atoms with Crippen molar-refractivity contribution in [3.8, 4) is 5.75 Å². The molecule has 42 heavy (non-hydrogen) atoms. The summed E-state index contributed by atoms with van der Waals surface area (Å²) in [5.74, 6) is 0.167. The zero-order valence-electron chi connectivity index (χ0n) is 22.9. The van der Waals surface area contributed by atoms with Crippen LogP contribution >= 0.6 is 0 Å². The Bertz CT molecular complexity index is 1830. The number of aromatic amines is 1. The number of carbonyl (C=O) groups excluding carboxylic acids is 1. The number of morpholine rings is 1. The molecule has 0 bridgehead atoms. The number of fused-ring (bicyclic) bond motifs is 1. The molecule has 6 rings (SSSR count). The maximum absolute atomic E-state index is 13.2. The summed E-state index contributed by atoms with van der Waals surface area (Å²) in [6.45, 7) is 5.71. The van der Waals surface area contributed by atoms with Gasteiger partial charge in [-0.3, -0.25) is 24.4 Å². The fourth-order valence-electron chi connectivity index (χ4n) is 5.08. The molecule has 4 aromatic carbocycles. The van der Waals surface area contributed by atoms with E-state index in [0.717, 1.165) is 30.8 Å². The van der Waals surface area contributed by atoms with Gasteiger partial charge < -0.3 is 25.8 Å². The van der Waals surface area contributed by atoms with E-state index in [2.05, 4.69) is 31.0 Å². The van der Waals surface area contributed by atoms with Crippen LogP contribution < -0.4 is 26.8 Å². The SMILES string of the molecule is C[C@@H](Nc1c(Nc2ccc3[nH]nc(NC(=O)c4cccc(CN5CCOCC5)c4)c3c2)c(=O)c1=O)c1cccc(O)c1. The van der Waals surface area contributed by atoms with Gasteiger partial charge in [0.05, 0.1) is 18.7 Å². The first-order valence-electron chi connectivity index (χ1n) is 13.7. The van der Waals surface area contributed by atoms with E-state index in [9.17, 15) is 19.5 Å². The van der Waals surface area contributed by atoms with Crippen LogP contribution in [0.25, 0.3) is 10.9 Å². The molecule has 1 aromatic heterocycles. The third-order valence-corrected chi connectivity index (χ3v) is 7.40. The van der Waals surface area contributed by atoms with Gasteiger partial charge in [-0.2, -0.15) is 5.10 Å². The highest BCUT2D eigenvalue weighted by atomic mass is 16.5. The number of hydrogen-bond acceptors (Lipinski definition) is 9. The molecule has 1 aliphatic rings. The van der Waals surface area contributed by atoms with Crippen LogP contribution in [0, 0.1) is 0 Å². The molecule has 0 saturated carbocycles. The summed E-state index contributed by atoms with van der Waals surface area (Å²) >= 11 is 0. The van der Waals surface area contributed by atoms with Crippen LogP contribution in [-0.2, 0) is 11.3 Å². The van der Waals surface area contributed by atoms with Crippen LogP contribution in [0.4, 0.5) is 22.9 Å². The number of nitrogens with one attached hydrogen (secondary N) is 4. The van der Waals surface area contributed by atoms with E-state index in [-0.39, 0.29) is 29.1 Å². The van der Waals surface area contributed by atoms with Crippen LogP contribution in [0.15, 0.2) is 76.3 Å². The van der Waals surface area contributed by atoms with Gasteiger partial charge in [0.25, 0.3) is 16.8 Å². The number of phenols is 1. The molecule has 2 heterocycles. The van der Waals surface area contributed by atoms with Crippen LogP contribution in [0.3, 0.4) is 0 Å². The summed E-state index contributed by atoms with van der Waals surface area (Å²) in [6, 6.07) is 19.2. The van der Waals surface area contributed by atoms with E-state index in [4.69, 9.17) is 4.74 Å². The quantitative estimate of drug-likeness (QED) is 0.168. The standard InChI is InChI=1S/C31H30N6O5/c1-18(20-5-3-7-23(38)15-20)32-26-27(29(40)28(26)39)33-22-8-9-25-24(16-22)30(36-35-25)34-31(41)21-6-2-4-19(14-21)17-37-10-12-42-13-11-37/h2-9,14-16,18,32-33,38H,10-13,17H2,1H3,(H2,34,35,36,41)/t18-/m1/s1. The van der Waals surface area contributed by atoms with Crippen LogP contribution in [-0.4, -0.2) is 52.4 Å². The number of anilines is 4. The molecule has 1 aliphatic heterocycles. The average molecular weight is 567 g/mol. The molecule has 5 aromatic rings. The smallest absolute Gasteiger partial charge is 0.256 e. The van der Waals surface area contributed by atoms with E-state index in [1.165, 1.54) is 0 Å². The Morgan fingerprint density at radius 1 is 1.02 bits per heavy atom. The summed E-state index contributed by atoms with van der Waals surface area (Å²) in [5, 5.41) is 26.6. The first-order chi connectivity index (χ1) is 20.4. The molecule has 1 saturated heterocycles. The van der Waals surface area contributed by atoms with Crippen molar-refractivity contribution in [3.63, 3.8) is 0 Å². The van der Waals surface area contributed by atoms with Gasteiger partial charge in [0, 0.05) is 42.3 Å². The highest BCUT2D eigenvalue weighted by molar-refractivity contribution is 6.08. The zero-order chi connectivity index (χ0) is 29.2. The van der Waals surface area contributed by atoms with Crippen molar-refractivity contribution in [1.82, 2.24) is 15.1 Å². The number of aromatic nitrogens is 2. The summed E-state index contributed by atoms with van der Waals surface area (Å²) in [4.78, 5) is 40.3. The maximum atomic E-state index is 13.2. The predicted octanol–water partition coefficient (Wildman–Crippen LogP) is 3.87. The minimum absolute atomic E-state index is 0.112. The molecule has 0 aliphatic carbocycles. The van der Waals surface area contributed by atoms with Crippen molar-refractivity contribution >= 4 is 39.7 Å². The minimum Gasteiger partial charge on any atom is -0.508 e. The number of aromatic hydroxyl groups is 1. The zero-order valence-corrected chi connectivity index (χ0v) is 22.9. The Morgan fingerprint density at radius 3 is 2.62 bits per heavy atom. The van der Waals surface area contributed by atoms with E-state index in [0.29, 0.717) is 41.2 Å². The molecule has 0 unspecified atom stereocenters. The minimum atomic E-state index is -0.626. The van der Waals surface area contributed by atoms with Gasteiger partial charge in [-0.15, -0.1) is 0 Å². The lowest BCUT2D eigenvalue weighted by Gasteiger charge is -2.26. The molecule has 1 fully saturated rings. The van der Waals surface area contributed by atoms with Crippen LogP contribution in [0.5, 0.6) is 5.75 Å². The van der Waals surface area contributed by atoms with E-state index in [1.54, 1.807) is 42.5 Å². The number of amides is 1. The Balaban J connectivity index is 1.18. The van der Waals surface area contributed by atoms with Gasteiger partial charge in [0.2, 0.25) is 0 Å². The lowest BCUT2D eigenvalue weighted by Crippen LogP contribution is -2.37. The molecular weight excluding hydrogens is 536 g/mol. The summed E-state index contributed by atoms with van der Waals surface area (Å²) in [5.41, 5.74) is 2.65. The largest absolute Gasteiger partial charge is 0.508 e. The fourth-order valence-corrected chi connectivity index (χ4v) is 5.08. The third-order valence-electron chi connectivity index (χ3n) is 7.40. The number of phenolic OH excluding ortho intramolecular Hbond substituents is 1. The second-order valence-corrected chi connectivity index (χ2v) is 10.4. The van der Waals surface area contributed by atoms with Crippen molar-refractivity contribution in [1.29, 1.82) is 0 Å². The second-order valence-electron chi connectivity index (χ2n) is 10.4. The number of ether oxygens (including phenoxy) is 1. The van der Waals surface area contributed by atoms with E-state index < -0.39 is 10.9 Å². The second kappa shape index (κ2) is 11.5. The Labute approximate surface area is 240 Å². The van der Waals surface area contributed by atoms with E-state index >= 15 is 0 Å². The van der Waals surface area contributed by atoms with Crippen LogP contribution in [0.1, 0.15) is 34.5 Å². The van der Waals surface area contributed by atoms with Gasteiger partial charge in [-0.1, -0.05) is 24.3 Å². The molecule has 214 valence electrons. The molecule has 1 atom stereocenters. The van der Waals surface area contributed by atoms with Crippen molar-refractivity contribution in [3.05, 3.63) is 104 Å². The number of H-pyrrole nitrogens is 1. The Morgan fingerprint density at radius 2 is 1.81 bits per heavy atom. The average Bonchev–Trinajstić information content (AvgIpc) is 3.40. The summed E-state index contributed by atoms with van der Waals surface area (Å²) in [7, 11) is 0. The number of nitrogens with zero attached hydrogens (tertiary/aromatic N) is 2. The number of carbonyl (C=O) groups is 1. The van der Waals surface area contributed by atoms with E-state index in [1.807, 2.05) is 31.2 Å². The first-order valence-corrected chi connectivity index (χ1v) is 13.7. The van der Waals surface area contributed by atoms with Gasteiger partial charge in [-0.05, 0) is 60.5 Å². The lowest BCUT2D eigenvalue weighted by molar-refractivity contribution is 0.0342. The molecule has 1 amide bonds. The van der Waals surface area contributed by atoms with Gasteiger partial charge in [0.1, 0.15) is 17.1 Å². The predicted molar refractivity (Wildman–Crippen MR) is 161 cm³/mol. The lowest BCUT2D eigenvalue weighted by atomic mass is 10.1. The number of hydrogen-bond donors (Lipinski definition) is 5. The molecule has 5 N–H and O–H groups in total. The van der Waals surface area contributed by atoms with Gasteiger partial charge >= 0.3 is 0 Å².